The maximum absolute atomic E-state index is 11.9. The van der Waals surface area contributed by atoms with Crippen LogP contribution in [0, 0.1) is 6.92 Å². The summed E-state index contributed by atoms with van der Waals surface area (Å²) in [6.45, 7) is 3.49. The van der Waals surface area contributed by atoms with E-state index in [0.29, 0.717) is 12.5 Å². The fourth-order valence-corrected chi connectivity index (χ4v) is 2.97. The lowest BCUT2D eigenvalue weighted by atomic mass is 10.1. The molecule has 1 aromatic heterocycles. The zero-order valence-corrected chi connectivity index (χ0v) is 13.9. The number of rotatable bonds is 6. The van der Waals surface area contributed by atoms with Gasteiger partial charge >= 0.3 is 6.03 Å². The summed E-state index contributed by atoms with van der Waals surface area (Å²) in [7, 11) is 0. The zero-order valence-electron chi connectivity index (χ0n) is 13.1. The van der Waals surface area contributed by atoms with Crippen LogP contribution in [0.25, 0.3) is 0 Å². The number of nitrogens with zero attached hydrogens (tertiary/aromatic N) is 2. The van der Waals surface area contributed by atoms with E-state index >= 15 is 0 Å². The van der Waals surface area contributed by atoms with E-state index in [0.717, 1.165) is 30.2 Å². The number of aromatic nitrogens is 2. The van der Waals surface area contributed by atoms with Crippen LogP contribution in [-0.4, -0.2) is 28.2 Å². The smallest absolute Gasteiger partial charge is 0.315 e. The molecule has 1 aromatic carbocycles. The molecule has 0 radical (unpaired) electrons. The SMILES string of the molecule is Cc1nccn1CCCNC(=O)N[C@H]1C[C@@H]1c1cccc(Cl)c1. The molecule has 2 aromatic rings. The third-order valence-corrected chi connectivity index (χ3v) is 4.40. The van der Waals surface area contributed by atoms with Gasteiger partial charge in [0, 0.05) is 42.5 Å². The van der Waals surface area contributed by atoms with Gasteiger partial charge in [0.1, 0.15) is 5.82 Å². The number of aryl methyl sites for hydroxylation is 2. The molecule has 1 fully saturated rings. The molecular weight excluding hydrogens is 312 g/mol. The van der Waals surface area contributed by atoms with Crippen molar-refractivity contribution in [2.45, 2.75) is 38.3 Å². The second-order valence-electron chi connectivity index (χ2n) is 5.93. The molecular formula is C17H21ClN4O. The Balaban J connectivity index is 1.35. The van der Waals surface area contributed by atoms with Crippen molar-refractivity contribution in [3.63, 3.8) is 0 Å². The van der Waals surface area contributed by atoms with Gasteiger partial charge in [-0.1, -0.05) is 23.7 Å². The molecule has 3 rings (SSSR count). The summed E-state index contributed by atoms with van der Waals surface area (Å²) in [5, 5.41) is 6.67. The Labute approximate surface area is 141 Å². The van der Waals surface area contributed by atoms with Gasteiger partial charge in [-0.15, -0.1) is 0 Å². The zero-order chi connectivity index (χ0) is 16.2. The quantitative estimate of drug-likeness (QED) is 0.799. The number of carbonyl (C=O) groups is 1. The molecule has 2 atom stereocenters. The minimum atomic E-state index is -0.0955. The Morgan fingerprint density at radius 3 is 3.09 bits per heavy atom. The molecule has 1 aliphatic carbocycles. The Hall–Kier alpha value is -2.01. The van der Waals surface area contributed by atoms with Crippen molar-refractivity contribution in [3.8, 4) is 0 Å². The maximum atomic E-state index is 11.9. The summed E-state index contributed by atoms with van der Waals surface area (Å²) >= 11 is 6.00. The topological polar surface area (TPSA) is 59.0 Å². The van der Waals surface area contributed by atoms with Crippen LogP contribution in [-0.2, 0) is 6.54 Å². The van der Waals surface area contributed by atoms with Crippen LogP contribution < -0.4 is 10.6 Å². The molecule has 1 heterocycles. The first-order chi connectivity index (χ1) is 11.1. The van der Waals surface area contributed by atoms with Crippen molar-refractivity contribution >= 4 is 17.6 Å². The summed E-state index contributed by atoms with van der Waals surface area (Å²) in [6, 6.07) is 7.96. The lowest BCUT2D eigenvalue weighted by Crippen LogP contribution is -2.38. The highest BCUT2D eigenvalue weighted by molar-refractivity contribution is 6.30. The number of hydrogen-bond donors (Lipinski definition) is 2. The summed E-state index contributed by atoms with van der Waals surface area (Å²) in [4.78, 5) is 16.1. The summed E-state index contributed by atoms with van der Waals surface area (Å²) < 4.78 is 2.08. The third-order valence-electron chi connectivity index (χ3n) is 4.17. The number of nitrogens with one attached hydrogen (secondary N) is 2. The van der Waals surface area contributed by atoms with Gasteiger partial charge in [0.05, 0.1) is 0 Å². The number of imidazole rings is 1. The highest BCUT2D eigenvalue weighted by Gasteiger charge is 2.39. The molecule has 0 unspecified atom stereocenters. The average Bonchev–Trinajstić information content (AvgIpc) is 3.17. The lowest BCUT2D eigenvalue weighted by molar-refractivity contribution is 0.240. The van der Waals surface area contributed by atoms with Crippen LogP contribution >= 0.6 is 11.6 Å². The molecule has 23 heavy (non-hydrogen) atoms. The van der Waals surface area contributed by atoms with E-state index in [1.807, 2.05) is 31.3 Å². The number of halogens is 1. The Morgan fingerprint density at radius 2 is 2.35 bits per heavy atom. The van der Waals surface area contributed by atoms with E-state index in [1.165, 1.54) is 5.56 Å². The third kappa shape index (κ3) is 4.26. The van der Waals surface area contributed by atoms with E-state index in [9.17, 15) is 4.79 Å². The van der Waals surface area contributed by atoms with Crippen molar-refractivity contribution in [1.82, 2.24) is 20.2 Å². The monoisotopic (exact) mass is 332 g/mol. The molecule has 5 nitrogen and oxygen atoms in total. The van der Waals surface area contributed by atoms with Crippen molar-refractivity contribution < 1.29 is 4.79 Å². The van der Waals surface area contributed by atoms with E-state index in [2.05, 4.69) is 26.3 Å². The minimum absolute atomic E-state index is 0.0955. The van der Waals surface area contributed by atoms with Crippen molar-refractivity contribution in [2.75, 3.05) is 6.54 Å². The molecule has 122 valence electrons. The predicted octanol–water partition coefficient (Wildman–Crippen LogP) is 3.09. The van der Waals surface area contributed by atoms with E-state index in [1.54, 1.807) is 6.20 Å². The van der Waals surface area contributed by atoms with Gasteiger partial charge in [-0.25, -0.2) is 9.78 Å². The summed E-state index contributed by atoms with van der Waals surface area (Å²) in [5.74, 6) is 1.38. The van der Waals surface area contributed by atoms with Crippen molar-refractivity contribution in [2.24, 2.45) is 0 Å². The second kappa shape index (κ2) is 7.04. The number of carbonyl (C=O) groups excluding carboxylic acids is 1. The second-order valence-corrected chi connectivity index (χ2v) is 6.36. The van der Waals surface area contributed by atoms with Gasteiger partial charge in [-0.05, 0) is 37.5 Å². The van der Waals surface area contributed by atoms with Crippen molar-refractivity contribution in [1.29, 1.82) is 0 Å². The number of hydrogen-bond acceptors (Lipinski definition) is 2. The van der Waals surface area contributed by atoms with Gasteiger partial charge in [0.2, 0.25) is 0 Å². The fourth-order valence-electron chi connectivity index (χ4n) is 2.77. The molecule has 2 amide bonds. The lowest BCUT2D eigenvalue weighted by Gasteiger charge is -2.08. The fraction of sp³-hybridized carbons (Fsp3) is 0.412. The molecule has 0 aliphatic heterocycles. The molecule has 0 saturated heterocycles. The molecule has 1 saturated carbocycles. The highest BCUT2D eigenvalue weighted by atomic mass is 35.5. The van der Waals surface area contributed by atoms with Gasteiger partial charge in [0.25, 0.3) is 0 Å². The molecule has 0 bridgehead atoms. The largest absolute Gasteiger partial charge is 0.338 e. The van der Waals surface area contributed by atoms with Gasteiger partial charge in [0.15, 0.2) is 0 Å². The Kier molecular flexibility index (Phi) is 4.86. The van der Waals surface area contributed by atoms with Crippen LogP contribution in [0.3, 0.4) is 0 Å². The predicted molar refractivity (Wildman–Crippen MR) is 90.7 cm³/mol. The van der Waals surface area contributed by atoms with Crippen molar-refractivity contribution in [3.05, 3.63) is 53.1 Å². The molecule has 6 heteroatoms. The summed E-state index contributed by atoms with van der Waals surface area (Å²) in [5.41, 5.74) is 1.19. The Bertz CT molecular complexity index is 685. The molecule has 2 N–H and O–H groups in total. The molecule has 1 aliphatic rings. The van der Waals surface area contributed by atoms with Crippen LogP contribution in [0.4, 0.5) is 4.79 Å². The maximum Gasteiger partial charge on any atom is 0.315 e. The first-order valence-electron chi connectivity index (χ1n) is 7.91. The van der Waals surface area contributed by atoms with Crippen LogP contribution in [0.5, 0.6) is 0 Å². The summed E-state index contributed by atoms with van der Waals surface area (Å²) in [6.07, 6.45) is 5.60. The van der Waals surface area contributed by atoms with Gasteiger partial charge in [-0.2, -0.15) is 0 Å². The number of amides is 2. The van der Waals surface area contributed by atoms with Crippen LogP contribution in [0.2, 0.25) is 5.02 Å². The van der Waals surface area contributed by atoms with Crippen LogP contribution in [0.1, 0.15) is 30.1 Å². The standard InChI is InChI=1S/C17H21ClN4O/c1-12-19-7-9-22(12)8-3-6-20-17(23)21-16-11-15(16)13-4-2-5-14(18)10-13/h2,4-5,7,9-10,15-16H,3,6,8,11H2,1H3,(H2,20,21,23)/t15-,16+/m1/s1. The normalized spacial score (nSPS) is 19.4. The average molecular weight is 333 g/mol. The van der Waals surface area contributed by atoms with Gasteiger partial charge in [-0.3, -0.25) is 0 Å². The Morgan fingerprint density at radius 1 is 1.48 bits per heavy atom. The van der Waals surface area contributed by atoms with E-state index in [-0.39, 0.29) is 12.1 Å². The van der Waals surface area contributed by atoms with Gasteiger partial charge < -0.3 is 15.2 Å². The van der Waals surface area contributed by atoms with E-state index < -0.39 is 0 Å². The first kappa shape index (κ1) is 15.9. The van der Waals surface area contributed by atoms with E-state index in [4.69, 9.17) is 11.6 Å². The number of benzene rings is 1. The van der Waals surface area contributed by atoms with Crippen LogP contribution in [0.15, 0.2) is 36.7 Å². The highest BCUT2D eigenvalue weighted by Crippen LogP contribution is 2.41. The number of urea groups is 1. The first-order valence-corrected chi connectivity index (χ1v) is 8.29. The minimum Gasteiger partial charge on any atom is -0.338 e. The molecule has 0 spiro atoms.